The van der Waals surface area contributed by atoms with Crippen LogP contribution in [0.2, 0.25) is 0 Å². The lowest BCUT2D eigenvalue weighted by atomic mass is 10.3. The molecule has 0 saturated carbocycles. The van der Waals surface area contributed by atoms with Crippen LogP contribution in [0.15, 0.2) is 29.3 Å². The van der Waals surface area contributed by atoms with Gasteiger partial charge in [-0.15, -0.1) is 0 Å². The van der Waals surface area contributed by atoms with Crippen LogP contribution in [-0.4, -0.2) is 18.6 Å². The molecule has 0 spiro atoms. The van der Waals surface area contributed by atoms with E-state index in [1.54, 1.807) is 0 Å². The maximum atomic E-state index is 13.3. The molecule has 6 nitrogen and oxygen atoms in total. The molecule has 1 aromatic heterocycles. The summed E-state index contributed by atoms with van der Waals surface area (Å²) in [5.74, 6) is -0.497. The SMILES string of the molecule is CCc1cn[nH]c1NS(=O)(=O)c1ccc(N)c(F)c1. The average Bonchev–Trinajstić information content (AvgIpc) is 2.79. The van der Waals surface area contributed by atoms with Crippen LogP contribution in [-0.2, 0) is 16.4 Å². The number of sulfonamides is 1. The number of H-pyrrole nitrogens is 1. The predicted molar refractivity (Wildman–Crippen MR) is 69.6 cm³/mol. The van der Waals surface area contributed by atoms with Gasteiger partial charge in [-0.2, -0.15) is 5.10 Å². The van der Waals surface area contributed by atoms with Crippen molar-refractivity contribution in [1.82, 2.24) is 10.2 Å². The summed E-state index contributed by atoms with van der Waals surface area (Å²) >= 11 is 0. The first kappa shape index (κ1) is 13.3. The van der Waals surface area contributed by atoms with Crippen LogP contribution in [0.4, 0.5) is 15.9 Å². The maximum absolute atomic E-state index is 13.3. The molecule has 1 heterocycles. The number of nitrogens with zero attached hydrogens (tertiary/aromatic N) is 1. The molecule has 0 aliphatic carbocycles. The summed E-state index contributed by atoms with van der Waals surface area (Å²) in [6.45, 7) is 1.87. The highest BCUT2D eigenvalue weighted by molar-refractivity contribution is 7.92. The molecule has 0 radical (unpaired) electrons. The Morgan fingerprint density at radius 1 is 1.47 bits per heavy atom. The van der Waals surface area contributed by atoms with Crippen LogP contribution in [0, 0.1) is 5.82 Å². The summed E-state index contributed by atoms with van der Waals surface area (Å²) in [7, 11) is -3.87. The highest BCUT2D eigenvalue weighted by atomic mass is 32.2. The lowest BCUT2D eigenvalue weighted by Crippen LogP contribution is -2.14. The second kappa shape index (κ2) is 4.88. The van der Waals surface area contributed by atoms with E-state index in [2.05, 4.69) is 14.9 Å². The number of aromatic amines is 1. The van der Waals surface area contributed by atoms with Crippen molar-refractivity contribution in [3.63, 3.8) is 0 Å². The van der Waals surface area contributed by atoms with E-state index >= 15 is 0 Å². The molecule has 0 aliphatic rings. The van der Waals surface area contributed by atoms with E-state index < -0.39 is 15.8 Å². The Hall–Kier alpha value is -2.09. The van der Waals surface area contributed by atoms with Crippen molar-refractivity contribution in [1.29, 1.82) is 0 Å². The summed E-state index contributed by atoms with van der Waals surface area (Å²) in [6.07, 6.45) is 2.14. The van der Waals surface area contributed by atoms with Gasteiger partial charge in [0.15, 0.2) is 0 Å². The number of benzene rings is 1. The van der Waals surface area contributed by atoms with E-state index in [1.807, 2.05) is 6.92 Å². The first-order valence-corrected chi connectivity index (χ1v) is 7.02. The van der Waals surface area contributed by atoms with Gasteiger partial charge in [0.2, 0.25) is 0 Å². The number of nitrogens with one attached hydrogen (secondary N) is 2. The van der Waals surface area contributed by atoms with E-state index in [0.29, 0.717) is 6.42 Å². The molecule has 2 rings (SSSR count). The highest BCUT2D eigenvalue weighted by Gasteiger charge is 2.18. The van der Waals surface area contributed by atoms with Crippen LogP contribution < -0.4 is 10.5 Å². The number of hydrogen-bond acceptors (Lipinski definition) is 4. The van der Waals surface area contributed by atoms with Gasteiger partial charge in [-0.3, -0.25) is 9.82 Å². The quantitative estimate of drug-likeness (QED) is 0.740. The number of hydrogen-bond donors (Lipinski definition) is 3. The first-order valence-electron chi connectivity index (χ1n) is 5.54. The normalized spacial score (nSPS) is 11.5. The maximum Gasteiger partial charge on any atom is 0.263 e. The molecule has 0 fully saturated rings. The smallest absolute Gasteiger partial charge is 0.263 e. The second-order valence-corrected chi connectivity index (χ2v) is 5.60. The Balaban J connectivity index is 2.35. The summed E-state index contributed by atoms with van der Waals surface area (Å²) in [5, 5.41) is 6.31. The van der Waals surface area contributed by atoms with Crippen LogP contribution in [0.5, 0.6) is 0 Å². The van der Waals surface area contributed by atoms with Crippen molar-refractivity contribution >= 4 is 21.5 Å². The van der Waals surface area contributed by atoms with Gasteiger partial charge < -0.3 is 5.73 Å². The molecular weight excluding hydrogens is 271 g/mol. The van der Waals surface area contributed by atoms with Crippen molar-refractivity contribution in [3.8, 4) is 0 Å². The number of halogens is 1. The molecule has 1 aromatic carbocycles. The molecule has 102 valence electrons. The van der Waals surface area contributed by atoms with Crippen molar-refractivity contribution in [2.24, 2.45) is 0 Å². The third-order valence-electron chi connectivity index (χ3n) is 2.62. The van der Waals surface area contributed by atoms with E-state index in [0.717, 1.165) is 11.6 Å². The van der Waals surface area contributed by atoms with Gasteiger partial charge in [0, 0.05) is 5.56 Å². The number of anilines is 2. The number of rotatable bonds is 4. The molecule has 0 saturated heterocycles. The van der Waals surface area contributed by atoms with Gasteiger partial charge in [-0.25, -0.2) is 12.8 Å². The first-order chi connectivity index (χ1) is 8.94. The van der Waals surface area contributed by atoms with Gasteiger partial charge in [0.1, 0.15) is 11.6 Å². The van der Waals surface area contributed by atoms with Gasteiger partial charge in [0.25, 0.3) is 10.0 Å². The monoisotopic (exact) mass is 284 g/mol. The van der Waals surface area contributed by atoms with Crippen molar-refractivity contribution in [2.75, 3.05) is 10.5 Å². The second-order valence-electron chi connectivity index (χ2n) is 3.91. The predicted octanol–water partition coefficient (Wildman–Crippen LogP) is 1.49. The Morgan fingerprint density at radius 2 is 2.21 bits per heavy atom. The van der Waals surface area contributed by atoms with Gasteiger partial charge in [-0.05, 0) is 24.6 Å². The third-order valence-corrected chi connectivity index (χ3v) is 3.96. The molecule has 4 N–H and O–H groups in total. The fourth-order valence-electron chi connectivity index (χ4n) is 1.54. The zero-order valence-corrected chi connectivity index (χ0v) is 11.0. The van der Waals surface area contributed by atoms with Gasteiger partial charge >= 0.3 is 0 Å². The van der Waals surface area contributed by atoms with E-state index in [-0.39, 0.29) is 16.4 Å². The van der Waals surface area contributed by atoms with Crippen LogP contribution in [0.1, 0.15) is 12.5 Å². The van der Waals surface area contributed by atoms with Crippen LogP contribution >= 0.6 is 0 Å². The lowest BCUT2D eigenvalue weighted by Gasteiger charge is -2.08. The topological polar surface area (TPSA) is 101 Å². The summed E-state index contributed by atoms with van der Waals surface area (Å²) in [4.78, 5) is -0.198. The Labute approximate surface area is 109 Å². The van der Waals surface area contributed by atoms with Crippen LogP contribution in [0.25, 0.3) is 0 Å². The molecule has 0 bridgehead atoms. The molecule has 0 amide bonds. The van der Waals surface area contributed by atoms with Crippen LogP contribution in [0.3, 0.4) is 0 Å². The van der Waals surface area contributed by atoms with E-state index in [9.17, 15) is 12.8 Å². The number of nitrogens with two attached hydrogens (primary N) is 1. The molecule has 19 heavy (non-hydrogen) atoms. The number of aryl methyl sites for hydroxylation is 1. The fraction of sp³-hybridized carbons (Fsp3) is 0.182. The fourth-order valence-corrected chi connectivity index (χ4v) is 2.60. The van der Waals surface area contributed by atoms with Gasteiger partial charge in [0.05, 0.1) is 16.8 Å². The zero-order chi connectivity index (χ0) is 14.0. The van der Waals surface area contributed by atoms with Gasteiger partial charge in [-0.1, -0.05) is 6.92 Å². The molecule has 8 heteroatoms. The molecule has 0 unspecified atom stereocenters. The van der Waals surface area contributed by atoms with Crippen molar-refractivity contribution in [3.05, 3.63) is 35.8 Å². The minimum atomic E-state index is -3.87. The standard InChI is InChI=1S/C11H13FN4O2S/c1-2-7-6-14-15-11(7)16-19(17,18)8-3-4-10(13)9(12)5-8/h3-6H,2,13H2,1H3,(H2,14,15,16). The molecule has 2 aromatic rings. The average molecular weight is 284 g/mol. The zero-order valence-electron chi connectivity index (χ0n) is 10.1. The van der Waals surface area contributed by atoms with E-state index in [4.69, 9.17) is 5.73 Å². The largest absolute Gasteiger partial charge is 0.396 e. The van der Waals surface area contributed by atoms with E-state index in [1.165, 1.54) is 18.3 Å². The minimum absolute atomic E-state index is 0.102. The number of aromatic nitrogens is 2. The summed E-state index contributed by atoms with van der Waals surface area (Å²) in [5.41, 5.74) is 5.93. The Kier molecular flexibility index (Phi) is 3.43. The summed E-state index contributed by atoms with van der Waals surface area (Å²) < 4.78 is 39.8. The summed E-state index contributed by atoms with van der Waals surface area (Å²) in [6, 6.07) is 3.32. The third kappa shape index (κ3) is 2.68. The number of nitrogen functional groups attached to an aromatic ring is 1. The Bertz CT molecular complexity index is 696. The lowest BCUT2D eigenvalue weighted by molar-refractivity contribution is 0.596. The highest BCUT2D eigenvalue weighted by Crippen LogP contribution is 2.20. The molecule has 0 atom stereocenters. The molecular formula is C11H13FN4O2S. The molecule has 0 aliphatic heterocycles. The minimum Gasteiger partial charge on any atom is -0.396 e. The van der Waals surface area contributed by atoms with Crippen molar-refractivity contribution < 1.29 is 12.8 Å². The Morgan fingerprint density at radius 3 is 2.84 bits per heavy atom. The van der Waals surface area contributed by atoms with Crippen molar-refractivity contribution in [2.45, 2.75) is 18.2 Å².